The summed E-state index contributed by atoms with van der Waals surface area (Å²) in [6.45, 7) is 1.83. The molecule has 3 rings (SSSR count). The number of hydrogen-bond donors (Lipinski definition) is 3. The van der Waals surface area contributed by atoms with Crippen molar-refractivity contribution in [1.29, 1.82) is 0 Å². The molecule has 3 aromatic carbocycles. The van der Waals surface area contributed by atoms with Crippen LogP contribution in [0.25, 0.3) is 0 Å². The van der Waals surface area contributed by atoms with Crippen LogP contribution in [0.3, 0.4) is 0 Å². The van der Waals surface area contributed by atoms with Gasteiger partial charge in [-0.05, 0) is 89.7 Å². The summed E-state index contributed by atoms with van der Waals surface area (Å²) in [6.07, 6.45) is 1.35. The molecular weight excluding hydrogens is 662 g/mol. The summed E-state index contributed by atoms with van der Waals surface area (Å²) in [5, 5.41) is 9.72. The van der Waals surface area contributed by atoms with Crippen molar-refractivity contribution in [2.45, 2.75) is 6.92 Å². The standard InChI is InChI=1S/C26H23Cl2IN4O6/c1-3-38-22-11-15(13-30-33-26(36)25(35)31-17-5-7-18(37-2)8-6-17)10-20(29)24(22)39-14-23(34)32-21-9-4-16(27)12-19(21)28/h4-13H,3,14H2,1-2H3,(H,31,35)(H,32,34)(H,33,36)/b30-13-. The Bertz CT molecular complexity index is 1390. The Labute approximate surface area is 248 Å². The number of hydrogen-bond acceptors (Lipinski definition) is 7. The largest absolute Gasteiger partial charge is 0.497 e. The summed E-state index contributed by atoms with van der Waals surface area (Å²) >= 11 is 14.0. The number of nitrogens with zero attached hydrogens (tertiary/aromatic N) is 1. The highest BCUT2D eigenvalue weighted by atomic mass is 127. The van der Waals surface area contributed by atoms with Gasteiger partial charge < -0.3 is 24.8 Å². The number of ether oxygens (including phenoxy) is 3. The van der Waals surface area contributed by atoms with Crippen LogP contribution in [0, 0.1) is 3.57 Å². The van der Waals surface area contributed by atoms with Crippen LogP contribution in [0.2, 0.25) is 10.0 Å². The molecule has 0 aliphatic carbocycles. The van der Waals surface area contributed by atoms with Gasteiger partial charge >= 0.3 is 11.8 Å². The lowest BCUT2D eigenvalue weighted by atomic mass is 10.2. The lowest BCUT2D eigenvalue weighted by Gasteiger charge is -2.15. The van der Waals surface area contributed by atoms with Crippen molar-refractivity contribution in [3.05, 3.63) is 73.8 Å². The Kier molecular flexibility index (Phi) is 11.2. The highest BCUT2D eigenvalue weighted by Gasteiger charge is 2.16. The number of methoxy groups -OCH3 is 1. The number of anilines is 2. The van der Waals surface area contributed by atoms with E-state index in [2.05, 4.69) is 21.2 Å². The van der Waals surface area contributed by atoms with Gasteiger partial charge in [-0.3, -0.25) is 14.4 Å². The SMILES string of the molecule is CCOc1cc(/C=N\NC(=O)C(=O)Nc2ccc(OC)cc2)cc(I)c1OCC(=O)Nc1ccc(Cl)cc1Cl. The molecule has 3 amide bonds. The van der Waals surface area contributed by atoms with E-state index in [0.29, 0.717) is 54.4 Å². The van der Waals surface area contributed by atoms with E-state index in [9.17, 15) is 14.4 Å². The van der Waals surface area contributed by atoms with E-state index in [1.165, 1.54) is 19.4 Å². The highest BCUT2D eigenvalue weighted by Crippen LogP contribution is 2.34. The van der Waals surface area contributed by atoms with Crippen molar-refractivity contribution in [3.63, 3.8) is 0 Å². The fourth-order valence-electron chi connectivity index (χ4n) is 3.06. The number of benzene rings is 3. The molecule has 0 heterocycles. The molecule has 0 unspecified atom stereocenters. The van der Waals surface area contributed by atoms with Gasteiger partial charge in [-0.1, -0.05) is 23.2 Å². The molecule has 0 aromatic heterocycles. The second-order valence-electron chi connectivity index (χ2n) is 7.61. The van der Waals surface area contributed by atoms with E-state index < -0.39 is 17.7 Å². The summed E-state index contributed by atoms with van der Waals surface area (Å²) in [6, 6.07) is 14.6. The average Bonchev–Trinajstić information content (AvgIpc) is 2.90. The number of hydrazone groups is 1. The predicted molar refractivity (Wildman–Crippen MR) is 158 cm³/mol. The number of rotatable bonds is 10. The average molecular weight is 685 g/mol. The molecule has 0 radical (unpaired) electrons. The first kappa shape index (κ1) is 30.0. The molecule has 0 fully saturated rings. The summed E-state index contributed by atoms with van der Waals surface area (Å²) in [5.74, 6) is -0.927. The van der Waals surface area contributed by atoms with Crippen LogP contribution in [-0.2, 0) is 14.4 Å². The topological polar surface area (TPSA) is 127 Å². The van der Waals surface area contributed by atoms with Crippen LogP contribution in [0.4, 0.5) is 11.4 Å². The Hall–Kier alpha value is -3.55. The second-order valence-corrected chi connectivity index (χ2v) is 9.61. The van der Waals surface area contributed by atoms with Crippen LogP contribution >= 0.6 is 45.8 Å². The first-order chi connectivity index (χ1) is 18.7. The van der Waals surface area contributed by atoms with Crippen LogP contribution < -0.4 is 30.3 Å². The number of nitrogens with one attached hydrogen (secondary N) is 3. The molecule has 0 bridgehead atoms. The summed E-state index contributed by atoms with van der Waals surface area (Å²) < 4.78 is 17.1. The first-order valence-corrected chi connectivity index (χ1v) is 13.2. The molecule has 3 N–H and O–H groups in total. The summed E-state index contributed by atoms with van der Waals surface area (Å²) in [5.41, 5.74) is 3.57. The molecular formula is C26H23Cl2IN4O6. The number of carbonyl (C=O) groups is 3. The van der Waals surface area contributed by atoms with Crippen molar-refractivity contribution in [1.82, 2.24) is 5.43 Å². The maximum Gasteiger partial charge on any atom is 0.329 e. The van der Waals surface area contributed by atoms with Gasteiger partial charge in [-0.25, -0.2) is 5.43 Å². The molecule has 204 valence electrons. The van der Waals surface area contributed by atoms with Gasteiger partial charge in [0.1, 0.15) is 5.75 Å². The van der Waals surface area contributed by atoms with E-state index in [4.69, 9.17) is 37.4 Å². The van der Waals surface area contributed by atoms with E-state index >= 15 is 0 Å². The number of halogens is 3. The maximum absolute atomic E-state index is 12.4. The van der Waals surface area contributed by atoms with Crippen LogP contribution in [-0.4, -0.2) is 44.3 Å². The minimum Gasteiger partial charge on any atom is -0.497 e. The fourth-order valence-corrected chi connectivity index (χ4v) is 4.30. The Balaban J connectivity index is 1.60. The van der Waals surface area contributed by atoms with E-state index in [1.54, 1.807) is 55.5 Å². The number of amides is 3. The minimum absolute atomic E-state index is 0.300. The molecule has 0 aliphatic rings. The molecule has 0 spiro atoms. The van der Waals surface area contributed by atoms with Crippen molar-refractivity contribution >= 4 is 81.1 Å². The van der Waals surface area contributed by atoms with Gasteiger partial charge in [0, 0.05) is 10.7 Å². The quantitative estimate of drug-likeness (QED) is 0.118. The van der Waals surface area contributed by atoms with Crippen molar-refractivity contribution < 1.29 is 28.6 Å². The van der Waals surface area contributed by atoms with Gasteiger partial charge in [0.15, 0.2) is 18.1 Å². The van der Waals surface area contributed by atoms with Crippen LogP contribution in [0.1, 0.15) is 12.5 Å². The Morgan fingerprint density at radius 3 is 2.38 bits per heavy atom. The van der Waals surface area contributed by atoms with Gasteiger partial charge in [-0.2, -0.15) is 5.10 Å². The van der Waals surface area contributed by atoms with Gasteiger partial charge in [-0.15, -0.1) is 0 Å². The van der Waals surface area contributed by atoms with Gasteiger partial charge in [0.05, 0.1) is 34.2 Å². The summed E-state index contributed by atoms with van der Waals surface area (Å²) in [7, 11) is 1.53. The third-order valence-corrected chi connectivity index (χ3v) is 6.17. The molecule has 0 atom stereocenters. The predicted octanol–water partition coefficient (Wildman–Crippen LogP) is 5.11. The Morgan fingerprint density at radius 1 is 0.974 bits per heavy atom. The molecule has 10 nitrogen and oxygen atoms in total. The van der Waals surface area contributed by atoms with E-state index in [0.717, 1.165) is 0 Å². The monoisotopic (exact) mass is 684 g/mol. The van der Waals surface area contributed by atoms with Gasteiger partial charge in [0.25, 0.3) is 5.91 Å². The lowest BCUT2D eigenvalue weighted by molar-refractivity contribution is -0.136. The van der Waals surface area contributed by atoms with Crippen LogP contribution in [0.15, 0.2) is 59.7 Å². The third-order valence-electron chi connectivity index (χ3n) is 4.82. The zero-order chi connectivity index (χ0) is 28.4. The van der Waals surface area contributed by atoms with E-state index in [1.807, 2.05) is 22.6 Å². The highest BCUT2D eigenvalue weighted by molar-refractivity contribution is 14.1. The zero-order valence-electron chi connectivity index (χ0n) is 20.7. The van der Waals surface area contributed by atoms with Crippen molar-refractivity contribution in [2.75, 3.05) is 31.0 Å². The van der Waals surface area contributed by atoms with Crippen molar-refractivity contribution in [3.8, 4) is 17.2 Å². The molecule has 0 saturated heterocycles. The van der Waals surface area contributed by atoms with Crippen molar-refractivity contribution in [2.24, 2.45) is 5.10 Å². The number of carbonyl (C=O) groups excluding carboxylic acids is 3. The second kappa shape index (κ2) is 14.6. The summed E-state index contributed by atoms with van der Waals surface area (Å²) in [4.78, 5) is 36.6. The van der Waals surface area contributed by atoms with Crippen LogP contribution in [0.5, 0.6) is 17.2 Å². The molecule has 0 saturated carbocycles. The first-order valence-electron chi connectivity index (χ1n) is 11.3. The maximum atomic E-state index is 12.4. The Morgan fingerprint density at radius 2 is 1.72 bits per heavy atom. The third kappa shape index (κ3) is 9.01. The lowest BCUT2D eigenvalue weighted by Crippen LogP contribution is -2.32. The zero-order valence-corrected chi connectivity index (χ0v) is 24.4. The van der Waals surface area contributed by atoms with E-state index in [-0.39, 0.29) is 6.61 Å². The molecule has 3 aromatic rings. The molecule has 0 aliphatic heterocycles. The minimum atomic E-state index is -0.950. The normalized spacial score (nSPS) is 10.6. The smallest absolute Gasteiger partial charge is 0.329 e. The molecule has 13 heteroatoms. The molecule has 39 heavy (non-hydrogen) atoms. The fraction of sp³-hybridized carbons (Fsp3) is 0.154. The van der Waals surface area contributed by atoms with Gasteiger partial charge in [0.2, 0.25) is 0 Å².